The summed E-state index contributed by atoms with van der Waals surface area (Å²) in [7, 11) is 0. The molecule has 0 saturated carbocycles. The summed E-state index contributed by atoms with van der Waals surface area (Å²) in [5, 5.41) is 7.40. The lowest BCUT2D eigenvalue weighted by Crippen LogP contribution is -2.29. The van der Waals surface area contributed by atoms with E-state index in [1.165, 1.54) is 12.0 Å². The van der Waals surface area contributed by atoms with E-state index in [-0.39, 0.29) is 5.91 Å². The highest BCUT2D eigenvalue weighted by molar-refractivity contribution is 5.84. The minimum absolute atomic E-state index is 0.0123. The Kier molecular flexibility index (Phi) is 6.60. The molecule has 30 heavy (non-hydrogen) atoms. The van der Waals surface area contributed by atoms with E-state index in [0.29, 0.717) is 19.6 Å². The average Bonchev–Trinajstić information content (AvgIpc) is 3.26. The van der Waals surface area contributed by atoms with Crippen molar-refractivity contribution in [3.63, 3.8) is 0 Å². The molecule has 2 heterocycles. The van der Waals surface area contributed by atoms with Crippen molar-refractivity contribution in [1.82, 2.24) is 15.6 Å². The smallest absolute Gasteiger partial charge is 0.224 e. The summed E-state index contributed by atoms with van der Waals surface area (Å²) in [4.78, 5) is 16.8. The van der Waals surface area contributed by atoms with E-state index in [0.717, 1.165) is 53.3 Å². The third-order valence-corrected chi connectivity index (χ3v) is 5.58. The van der Waals surface area contributed by atoms with Crippen LogP contribution in [0.1, 0.15) is 23.2 Å². The van der Waals surface area contributed by atoms with Crippen molar-refractivity contribution in [3.8, 4) is 5.75 Å². The number of aryl methyl sites for hydroxylation is 1. The Bertz CT molecular complexity index is 995. The largest absolute Gasteiger partial charge is 0.489 e. The average molecular weight is 404 g/mol. The number of rotatable bonds is 8. The van der Waals surface area contributed by atoms with E-state index >= 15 is 0 Å². The Morgan fingerprint density at radius 2 is 1.97 bits per heavy atom. The van der Waals surface area contributed by atoms with Gasteiger partial charge in [-0.15, -0.1) is 0 Å². The number of amides is 1. The van der Waals surface area contributed by atoms with Crippen molar-refractivity contribution < 1.29 is 9.53 Å². The number of nitrogens with one attached hydrogen (secondary N) is 2. The van der Waals surface area contributed by atoms with E-state index in [1.54, 1.807) is 0 Å². The van der Waals surface area contributed by atoms with Crippen LogP contribution in [-0.4, -0.2) is 37.1 Å². The van der Waals surface area contributed by atoms with E-state index in [4.69, 9.17) is 4.74 Å². The molecule has 5 nitrogen and oxygen atoms in total. The molecule has 1 aliphatic rings. The highest BCUT2D eigenvalue weighted by atomic mass is 16.5. The van der Waals surface area contributed by atoms with Crippen LogP contribution < -0.4 is 15.4 Å². The second-order valence-electron chi connectivity index (χ2n) is 8.04. The summed E-state index contributed by atoms with van der Waals surface area (Å²) in [6.07, 6.45) is 2.75. The zero-order valence-electron chi connectivity index (χ0n) is 17.5. The van der Waals surface area contributed by atoms with Crippen molar-refractivity contribution in [2.45, 2.75) is 26.2 Å². The van der Waals surface area contributed by atoms with E-state index < -0.39 is 0 Å². The van der Waals surface area contributed by atoms with Crippen LogP contribution in [0.15, 0.2) is 54.6 Å². The van der Waals surface area contributed by atoms with Gasteiger partial charge in [-0.3, -0.25) is 4.79 Å². The maximum Gasteiger partial charge on any atom is 0.224 e. The molecule has 0 bridgehead atoms. The molecule has 1 aliphatic heterocycles. The molecule has 0 aliphatic carbocycles. The first kappa shape index (κ1) is 20.4. The van der Waals surface area contributed by atoms with Crippen LogP contribution in [0.5, 0.6) is 5.75 Å². The summed E-state index contributed by atoms with van der Waals surface area (Å²) in [6.45, 7) is 5.08. The predicted molar refractivity (Wildman–Crippen MR) is 120 cm³/mol. The third-order valence-electron chi connectivity index (χ3n) is 5.58. The van der Waals surface area contributed by atoms with E-state index in [1.807, 2.05) is 37.3 Å². The SMILES string of the molecule is Cc1ccc2cccc(OCCNC(=O)Cc3ccc(CC4CCNC4)cc3)c2n1. The lowest BCUT2D eigenvalue weighted by Gasteiger charge is -2.11. The molecule has 1 aromatic heterocycles. The third kappa shape index (κ3) is 5.36. The van der Waals surface area contributed by atoms with Crippen LogP contribution in [0.25, 0.3) is 10.9 Å². The molecular weight excluding hydrogens is 374 g/mol. The van der Waals surface area contributed by atoms with Crippen LogP contribution in [0, 0.1) is 12.8 Å². The fraction of sp³-hybridized carbons (Fsp3) is 0.360. The topological polar surface area (TPSA) is 63.2 Å². The fourth-order valence-corrected chi connectivity index (χ4v) is 3.95. The van der Waals surface area contributed by atoms with Gasteiger partial charge in [-0.25, -0.2) is 4.98 Å². The summed E-state index contributed by atoms with van der Waals surface area (Å²) in [5.41, 5.74) is 4.20. The number of carbonyl (C=O) groups is 1. The molecule has 1 amide bonds. The number of hydrogen-bond acceptors (Lipinski definition) is 4. The van der Waals surface area contributed by atoms with Gasteiger partial charge >= 0.3 is 0 Å². The zero-order chi connectivity index (χ0) is 20.8. The van der Waals surface area contributed by atoms with Crippen molar-refractivity contribution in [3.05, 3.63) is 71.4 Å². The number of para-hydroxylation sites is 1. The van der Waals surface area contributed by atoms with Crippen molar-refractivity contribution >= 4 is 16.8 Å². The lowest BCUT2D eigenvalue weighted by molar-refractivity contribution is -0.120. The lowest BCUT2D eigenvalue weighted by atomic mass is 9.97. The molecule has 2 aromatic carbocycles. The standard InChI is InChI=1S/C25H29N3O2/c1-18-5-10-22-3-2-4-23(25(22)28-18)30-14-13-27-24(29)16-20-8-6-19(7-9-20)15-21-11-12-26-17-21/h2-10,21,26H,11-17H2,1H3,(H,27,29). The molecule has 1 unspecified atom stereocenters. The molecule has 5 heteroatoms. The second-order valence-corrected chi connectivity index (χ2v) is 8.04. The highest BCUT2D eigenvalue weighted by Crippen LogP contribution is 2.23. The Hall–Kier alpha value is -2.92. The molecule has 4 rings (SSSR count). The van der Waals surface area contributed by atoms with Crippen LogP contribution in [0.3, 0.4) is 0 Å². The Balaban J connectivity index is 1.22. The number of pyridine rings is 1. The van der Waals surface area contributed by atoms with Crippen LogP contribution >= 0.6 is 0 Å². The maximum absolute atomic E-state index is 12.3. The molecular formula is C25H29N3O2. The second kappa shape index (κ2) is 9.72. The maximum atomic E-state index is 12.3. The number of benzene rings is 2. The molecule has 1 fully saturated rings. The van der Waals surface area contributed by atoms with Crippen molar-refractivity contribution in [1.29, 1.82) is 0 Å². The first-order valence-electron chi connectivity index (χ1n) is 10.7. The summed E-state index contributed by atoms with van der Waals surface area (Å²) in [6, 6.07) is 18.4. The molecule has 0 radical (unpaired) electrons. The minimum atomic E-state index is 0.0123. The Labute approximate surface area is 177 Å². The van der Waals surface area contributed by atoms with Crippen LogP contribution in [0.2, 0.25) is 0 Å². The quantitative estimate of drug-likeness (QED) is 0.566. The monoisotopic (exact) mass is 403 g/mol. The van der Waals surface area contributed by atoms with E-state index in [2.05, 4.69) is 39.9 Å². The first-order valence-corrected chi connectivity index (χ1v) is 10.7. The summed E-state index contributed by atoms with van der Waals surface area (Å²) >= 11 is 0. The molecule has 3 aromatic rings. The van der Waals surface area contributed by atoms with Crippen molar-refractivity contribution in [2.24, 2.45) is 5.92 Å². The zero-order valence-corrected chi connectivity index (χ0v) is 17.5. The molecule has 2 N–H and O–H groups in total. The highest BCUT2D eigenvalue weighted by Gasteiger charge is 2.14. The van der Waals surface area contributed by atoms with Gasteiger partial charge in [0.25, 0.3) is 0 Å². The molecule has 0 spiro atoms. The molecule has 156 valence electrons. The van der Waals surface area contributed by atoms with Gasteiger partial charge in [0.15, 0.2) is 0 Å². The van der Waals surface area contributed by atoms with Gasteiger partial charge in [-0.05, 0) is 62.0 Å². The number of ether oxygens (including phenoxy) is 1. The fourth-order valence-electron chi connectivity index (χ4n) is 3.95. The number of hydrogen-bond donors (Lipinski definition) is 2. The van der Waals surface area contributed by atoms with Gasteiger partial charge < -0.3 is 15.4 Å². The number of aromatic nitrogens is 1. The first-order chi connectivity index (χ1) is 14.7. The number of nitrogens with zero attached hydrogens (tertiary/aromatic N) is 1. The predicted octanol–water partition coefficient (Wildman–Crippen LogP) is 3.43. The minimum Gasteiger partial charge on any atom is -0.489 e. The number of fused-ring (bicyclic) bond motifs is 1. The Morgan fingerprint density at radius 1 is 1.13 bits per heavy atom. The van der Waals surface area contributed by atoms with Crippen molar-refractivity contribution in [2.75, 3.05) is 26.2 Å². The molecule has 1 atom stereocenters. The summed E-state index contributed by atoms with van der Waals surface area (Å²) < 4.78 is 5.87. The normalized spacial score (nSPS) is 16.0. The van der Waals surface area contributed by atoms with E-state index in [9.17, 15) is 4.79 Å². The van der Waals surface area contributed by atoms with Gasteiger partial charge in [0.05, 0.1) is 13.0 Å². The van der Waals surface area contributed by atoms with Gasteiger partial charge in [0.2, 0.25) is 5.91 Å². The Morgan fingerprint density at radius 3 is 2.77 bits per heavy atom. The summed E-state index contributed by atoms with van der Waals surface area (Å²) in [5.74, 6) is 1.50. The van der Waals surface area contributed by atoms with Gasteiger partial charge in [-0.1, -0.05) is 42.5 Å². The number of carbonyl (C=O) groups excluding carboxylic acids is 1. The molecule has 1 saturated heterocycles. The van der Waals surface area contributed by atoms with Gasteiger partial charge in [-0.2, -0.15) is 0 Å². The van der Waals surface area contributed by atoms with Crippen LogP contribution in [-0.2, 0) is 17.6 Å². The van der Waals surface area contributed by atoms with Gasteiger partial charge in [0, 0.05) is 11.1 Å². The van der Waals surface area contributed by atoms with Crippen LogP contribution in [0.4, 0.5) is 0 Å². The van der Waals surface area contributed by atoms with Gasteiger partial charge in [0.1, 0.15) is 17.9 Å².